The maximum absolute atomic E-state index is 13.0. The number of likely N-dealkylation sites (tertiary alicyclic amines) is 1. The van der Waals surface area contributed by atoms with E-state index in [9.17, 15) is 8.42 Å². The third kappa shape index (κ3) is 4.72. The number of hydrogen-bond donors (Lipinski definition) is 0. The Labute approximate surface area is 144 Å². The summed E-state index contributed by atoms with van der Waals surface area (Å²) in [4.78, 5) is 2.43. The number of sulfonamides is 1. The van der Waals surface area contributed by atoms with E-state index in [0.717, 1.165) is 43.1 Å². The van der Waals surface area contributed by atoms with E-state index in [1.54, 1.807) is 4.31 Å². The molecule has 2 saturated heterocycles. The molecule has 1 unspecified atom stereocenters. The first-order valence-electron chi connectivity index (χ1n) is 8.49. The lowest BCUT2D eigenvalue weighted by Gasteiger charge is -2.31. The van der Waals surface area contributed by atoms with Crippen molar-refractivity contribution >= 4 is 21.8 Å². The summed E-state index contributed by atoms with van der Waals surface area (Å²) >= 11 is 1.90. The van der Waals surface area contributed by atoms with Gasteiger partial charge in [0.2, 0.25) is 10.0 Å². The van der Waals surface area contributed by atoms with E-state index in [1.807, 2.05) is 42.1 Å². The van der Waals surface area contributed by atoms with Gasteiger partial charge < -0.3 is 4.90 Å². The number of benzene rings is 1. The quantitative estimate of drug-likeness (QED) is 0.814. The van der Waals surface area contributed by atoms with Gasteiger partial charge in [-0.25, -0.2) is 8.42 Å². The highest BCUT2D eigenvalue weighted by molar-refractivity contribution is 7.99. The van der Waals surface area contributed by atoms with E-state index in [0.29, 0.717) is 6.54 Å². The van der Waals surface area contributed by atoms with Crippen molar-refractivity contribution in [1.29, 1.82) is 0 Å². The summed E-state index contributed by atoms with van der Waals surface area (Å²) in [5, 5.41) is 0. The molecule has 0 bridgehead atoms. The predicted molar refractivity (Wildman–Crippen MR) is 97.2 cm³/mol. The van der Waals surface area contributed by atoms with Crippen LogP contribution in [0.5, 0.6) is 0 Å². The molecule has 2 fully saturated rings. The molecule has 1 atom stereocenters. The van der Waals surface area contributed by atoms with Crippen LogP contribution in [-0.2, 0) is 15.8 Å². The van der Waals surface area contributed by atoms with Gasteiger partial charge in [0.05, 0.1) is 5.75 Å². The first kappa shape index (κ1) is 17.3. The Kier molecular flexibility index (Phi) is 6.01. The largest absolute Gasteiger partial charge is 0.302 e. The SMILES string of the molecule is O=S(=O)(Cc1ccccc1)N1CCCSCC1CN1CCCC1. The highest BCUT2D eigenvalue weighted by Crippen LogP contribution is 2.23. The molecule has 6 heteroatoms. The molecule has 3 rings (SSSR count). The molecule has 0 radical (unpaired) electrons. The monoisotopic (exact) mass is 354 g/mol. The maximum atomic E-state index is 13.0. The van der Waals surface area contributed by atoms with Gasteiger partial charge in [-0.05, 0) is 43.7 Å². The molecular formula is C17H26N2O2S2. The summed E-state index contributed by atoms with van der Waals surface area (Å²) in [5.74, 6) is 2.10. The average molecular weight is 355 g/mol. The zero-order chi connectivity index (χ0) is 16.1. The molecule has 2 aliphatic rings. The minimum atomic E-state index is -3.26. The van der Waals surface area contributed by atoms with Crippen LogP contribution >= 0.6 is 11.8 Å². The molecule has 23 heavy (non-hydrogen) atoms. The summed E-state index contributed by atoms with van der Waals surface area (Å²) in [6, 6.07) is 9.67. The predicted octanol–water partition coefficient (Wildman–Crippen LogP) is 2.42. The molecule has 128 valence electrons. The van der Waals surface area contributed by atoms with Crippen molar-refractivity contribution in [2.75, 3.05) is 37.7 Å². The normalized spacial score (nSPS) is 24.6. The summed E-state index contributed by atoms with van der Waals surface area (Å²) in [6.07, 6.45) is 3.45. The first-order chi connectivity index (χ1) is 11.1. The van der Waals surface area contributed by atoms with Crippen molar-refractivity contribution in [1.82, 2.24) is 9.21 Å². The van der Waals surface area contributed by atoms with Gasteiger partial charge in [0.1, 0.15) is 0 Å². The Morgan fingerprint density at radius 3 is 2.52 bits per heavy atom. The van der Waals surface area contributed by atoms with E-state index in [2.05, 4.69) is 4.90 Å². The molecule has 4 nitrogen and oxygen atoms in total. The third-order valence-corrected chi connectivity index (χ3v) is 7.69. The fraction of sp³-hybridized carbons (Fsp3) is 0.647. The third-order valence-electron chi connectivity index (χ3n) is 4.60. The molecule has 1 aromatic carbocycles. The van der Waals surface area contributed by atoms with E-state index < -0.39 is 10.0 Å². The van der Waals surface area contributed by atoms with E-state index >= 15 is 0 Å². The topological polar surface area (TPSA) is 40.6 Å². The fourth-order valence-electron chi connectivity index (χ4n) is 3.45. The van der Waals surface area contributed by atoms with Crippen LogP contribution in [0.4, 0.5) is 0 Å². The van der Waals surface area contributed by atoms with Crippen molar-refractivity contribution in [2.24, 2.45) is 0 Å². The molecule has 2 aliphatic heterocycles. The van der Waals surface area contributed by atoms with Crippen molar-refractivity contribution in [2.45, 2.75) is 31.1 Å². The lowest BCUT2D eigenvalue weighted by atomic mass is 10.2. The average Bonchev–Trinajstić information content (AvgIpc) is 2.92. The highest BCUT2D eigenvalue weighted by atomic mass is 32.2. The standard InChI is InChI=1S/C17H26N2O2S2/c20-23(21,15-16-7-2-1-3-8-16)19-11-6-12-22-14-17(19)13-18-9-4-5-10-18/h1-3,7-8,17H,4-6,9-15H2. The smallest absolute Gasteiger partial charge is 0.218 e. The molecule has 0 saturated carbocycles. The summed E-state index contributed by atoms with van der Waals surface area (Å²) in [7, 11) is -3.26. The highest BCUT2D eigenvalue weighted by Gasteiger charge is 2.33. The van der Waals surface area contributed by atoms with Crippen molar-refractivity contribution in [3.63, 3.8) is 0 Å². The summed E-state index contributed by atoms with van der Waals surface area (Å²) in [5.41, 5.74) is 0.879. The molecular weight excluding hydrogens is 328 g/mol. The summed E-state index contributed by atoms with van der Waals surface area (Å²) in [6.45, 7) is 3.79. The van der Waals surface area contributed by atoms with E-state index in [4.69, 9.17) is 0 Å². The Morgan fingerprint density at radius 1 is 1.04 bits per heavy atom. The fourth-order valence-corrected chi connectivity index (χ4v) is 6.38. The van der Waals surface area contributed by atoms with Gasteiger partial charge in [-0.2, -0.15) is 16.1 Å². The summed E-state index contributed by atoms with van der Waals surface area (Å²) < 4.78 is 27.8. The van der Waals surface area contributed by atoms with Gasteiger partial charge in [0, 0.05) is 24.9 Å². The Balaban J connectivity index is 1.74. The minimum Gasteiger partial charge on any atom is -0.302 e. The minimum absolute atomic E-state index is 0.120. The van der Waals surface area contributed by atoms with Gasteiger partial charge in [-0.1, -0.05) is 30.3 Å². The Hall–Kier alpha value is -0.560. The molecule has 1 aromatic rings. The zero-order valence-electron chi connectivity index (χ0n) is 13.6. The number of hydrogen-bond acceptors (Lipinski definition) is 4. The van der Waals surface area contributed by atoms with Crippen molar-refractivity contribution in [3.05, 3.63) is 35.9 Å². The number of nitrogens with zero attached hydrogens (tertiary/aromatic N) is 2. The second-order valence-corrected chi connectivity index (χ2v) is 9.51. The Morgan fingerprint density at radius 2 is 1.78 bits per heavy atom. The van der Waals surface area contributed by atoms with Gasteiger partial charge in [0.25, 0.3) is 0 Å². The Bertz CT molecular complexity index is 586. The second-order valence-electron chi connectivity index (χ2n) is 6.44. The van der Waals surface area contributed by atoms with Crippen molar-refractivity contribution in [3.8, 4) is 0 Å². The second kappa shape index (κ2) is 8.01. The van der Waals surface area contributed by atoms with Crippen LogP contribution in [0.15, 0.2) is 30.3 Å². The molecule has 0 amide bonds. The van der Waals surface area contributed by atoms with E-state index in [-0.39, 0.29) is 11.8 Å². The first-order valence-corrected chi connectivity index (χ1v) is 11.2. The van der Waals surface area contributed by atoms with Crippen molar-refractivity contribution < 1.29 is 8.42 Å². The van der Waals surface area contributed by atoms with Crippen LogP contribution in [0.3, 0.4) is 0 Å². The van der Waals surface area contributed by atoms with Gasteiger partial charge >= 0.3 is 0 Å². The van der Waals surface area contributed by atoms with Crippen LogP contribution in [-0.4, -0.2) is 61.3 Å². The lowest BCUT2D eigenvalue weighted by molar-refractivity contribution is 0.243. The van der Waals surface area contributed by atoms with Gasteiger partial charge in [-0.3, -0.25) is 0 Å². The maximum Gasteiger partial charge on any atom is 0.218 e. The lowest BCUT2D eigenvalue weighted by Crippen LogP contribution is -2.47. The zero-order valence-corrected chi connectivity index (χ0v) is 15.2. The molecule has 0 N–H and O–H groups in total. The van der Waals surface area contributed by atoms with Gasteiger partial charge in [-0.15, -0.1) is 0 Å². The van der Waals surface area contributed by atoms with Crippen LogP contribution in [0.1, 0.15) is 24.8 Å². The van der Waals surface area contributed by atoms with Crippen LogP contribution in [0, 0.1) is 0 Å². The number of rotatable bonds is 5. The molecule has 0 aromatic heterocycles. The molecule has 0 spiro atoms. The number of thioether (sulfide) groups is 1. The van der Waals surface area contributed by atoms with Crippen LogP contribution in [0.2, 0.25) is 0 Å². The van der Waals surface area contributed by atoms with Gasteiger partial charge in [0.15, 0.2) is 0 Å². The van der Waals surface area contributed by atoms with Crippen LogP contribution in [0.25, 0.3) is 0 Å². The van der Waals surface area contributed by atoms with E-state index in [1.165, 1.54) is 12.8 Å². The molecule has 2 heterocycles. The van der Waals surface area contributed by atoms with Crippen LogP contribution < -0.4 is 0 Å². The molecule has 0 aliphatic carbocycles.